The third kappa shape index (κ3) is 3.74. The van der Waals surface area contributed by atoms with Gasteiger partial charge in [0.2, 0.25) is 5.91 Å². The zero-order valence-corrected chi connectivity index (χ0v) is 19.0. The van der Waals surface area contributed by atoms with E-state index in [1.807, 2.05) is 17.0 Å². The molecule has 0 spiro atoms. The van der Waals surface area contributed by atoms with E-state index in [1.54, 1.807) is 29.9 Å². The van der Waals surface area contributed by atoms with Crippen LogP contribution in [0.25, 0.3) is 10.2 Å². The number of aromatic nitrogens is 2. The van der Waals surface area contributed by atoms with E-state index in [-0.39, 0.29) is 35.1 Å². The zero-order chi connectivity index (χ0) is 22.3. The lowest BCUT2D eigenvalue weighted by atomic mass is 10.1. The van der Waals surface area contributed by atoms with Gasteiger partial charge in [0, 0.05) is 43.4 Å². The molecule has 2 aromatic heterocycles. The van der Waals surface area contributed by atoms with Gasteiger partial charge in [-0.25, -0.2) is 18.4 Å². The van der Waals surface area contributed by atoms with E-state index in [0.717, 1.165) is 24.2 Å². The summed E-state index contributed by atoms with van der Waals surface area (Å²) in [6, 6.07) is 9.02. The monoisotopic (exact) mass is 466 g/mol. The molecular weight excluding hydrogens is 444 g/mol. The maximum absolute atomic E-state index is 13.1. The predicted octanol–water partition coefficient (Wildman–Crippen LogP) is 2.72. The van der Waals surface area contributed by atoms with Crippen molar-refractivity contribution in [1.29, 1.82) is 0 Å². The van der Waals surface area contributed by atoms with Gasteiger partial charge in [-0.1, -0.05) is 12.0 Å². The fourth-order valence-electron chi connectivity index (χ4n) is 4.72. The first-order valence-electron chi connectivity index (χ1n) is 10.5. The second-order valence-electron chi connectivity index (χ2n) is 8.17. The summed E-state index contributed by atoms with van der Waals surface area (Å²) in [5, 5.41) is 0. The molecule has 2 aliphatic rings. The predicted molar refractivity (Wildman–Crippen MR) is 124 cm³/mol. The van der Waals surface area contributed by atoms with Crippen LogP contribution in [0.5, 0.6) is 0 Å². The van der Waals surface area contributed by atoms with E-state index in [0.29, 0.717) is 23.3 Å². The third-order valence-electron chi connectivity index (χ3n) is 6.25. The number of sulfone groups is 1. The van der Waals surface area contributed by atoms with Crippen LogP contribution in [0, 0.1) is 12.3 Å². The molecule has 2 atom stereocenters. The number of terminal acetylenes is 1. The van der Waals surface area contributed by atoms with Gasteiger partial charge < -0.3 is 9.80 Å². The van der Waals surface area contributed by atoms with Crippen molar-refractivity contribution < 1.29 is 13.2 Å². The molecule has 2 fully saturated rings. The van der Waals surface area contributed by atoms with E-state index < -0.39 is 9.84 Å². The minimum absolute atomic E-state index is 0.0142. The Morgan fingerprint density at radius 2 is 1.94 bits per heavy atom. The second kappa shape index (κ2) is 8.19. The van der Waals surface area contributed by atoms with Gasteiger partial charge in [0.1, 0.15) is 5.82 Å². The average Bonchev–Trinajstić information content (AvgIpc) is 3.39. The van der Waals surface area contributed by atoms with Gasteiger partial charge in [0.25, 0.3) is 0 Å². The van der Waals surface area contributed by atoms with Crippen molar-refractivity contribution in [3.63, 3.8) is 0 Å². The van der Waals surface area contributed by atoms with Crippen LogP contribution in [0.2, 0.25) is 0 Å². The summed E-state index contributed by atoms with van der Waals surface area (Å²) in [5.74, 6) is 3.14. The van der Waals surface area contributed by atoms with Crippen LogP contribution in [0.4, 0.5) is 5.82 Å². The van der Waals surface area contributed by atoms with E-state index in [2.05, 4.69) is 20.8 Å². The minimum Gasteiger partial charge on any atom is -0.352 e. The molecule has 164 valence electrons. The number of fused-ring (bicyclic) bond motifs is 3. The van der Waals surface area contributed by atoms with Crippen LogP contribution in [-0.2, 0) is 14.6 Å². The molecule has 7 nitrogen and oxygen atoms in total. The first-order chi connectivity index (χ1) is 15.5. The van der Waals surface area contributed by atoms with E-state index in [9.17, 15) is 13.2 Å². The highest BCUT2D eigenvalue weighted by molar-refractivity contribution is 7.91. The molecule has 0 saturated carbocycles. The Balaban J connectivity index is 1.27. The molecule has 2 aliphatic heterocycles. The summed E-state index contributed by atoms with van der Waals surface area (Å²) in [6.07, 6.45) is 8.92. The Hall–Kier alpha value is -2.96. The highest BCUT2D eigenvalue weighted by atomic mass is 32.2. The van der Waals surface area contributed by atoms with Crippen LogP contribution in [0.15, 0.2) is 46.9 Å². The summed E-state index contributed by atoms with van der Waals surface area (Å²) >= 11 is 1.31. The first kappa shape index (κ1) is 20.9. The van der Waals surface area contributed by atoms with Crippen LogP contribution in [-0.4, -0.2) is 60.1 Å². The topological polar surface area (TPSA) is 83.5 Å². The van der Waals surface area contributed by atoms with Crippen LogP contribution in [0.1, 0.15) is 24.8 Å². The Labute approximate surface area is 191 Å². The molecule has 1 aromatic carbocycles. The molecule has 2 saturated heterocycles. The van der Waals surface area contributed by atoms with E-state index in [4.69, 9.17) is 6.42 Å². The van der Waals surface area contributed by atoms with Crippen molar-refractivity contribution in [2.75, 3.05) is 23.7 Å². The highest BCUT2D eigenvalue weighted by Crippen LogP contribution is 2.33. The smallest absolute Gasteiger partial charge is 0.224 e. The Bertz CT molecular complexity index is 1300. The fourth-order valence-corrected chi connectivity index (χ4v) is 7.28. The summed E-state index contributed by atoms with van der Waals surface area (Å²) in [5.41, 5.74) is 3.04. The van der Waals surface area contributed by atoms with Crippen LogP contribution >= 0.6 is 11.3 Å². The largest absolute Gasteiger partial charge is 0.352 e. The summed E-state index contributed by atoms with van der Waals surface area (Å²) in [7, 11) is -3.58. The second-order valence-corrected chi connectivity index (χ2v) is 11.1. The molecular formula is C23H22N4O3S2. The standard InChI is InChI=1S/C23H22N4O3S2/c1-2-16-6-9-21(24-12-16)26-13-17-7-8-18(14-26)27(17)22(28)10-11-32(29,30)20-5-3-4-19-23(20)31-15-25-19/h1,3-6,9,12,15,17-18H,7-8,10-11,13-14H2. The molecule has 4 heterocycles. The SMILES string of the molecule is C#Cc1ccc(N2CC3CCC(C2)N3C(=O)CCS(=O)(=O)c2cccc3ncsc23)nc1. The van der Waals surface area contributed by atoms with E-state index in [1.165, 1.54) is 11.3 Å². The van der Waals surface area contributed by atoms with Crippen molar-refractivity contribution in [2.45, 2.75) is 36.2 Å². The number of benzene rings is 1. The van der Waals surface area contributed by atoms with Gasteiger partial charge in [-0.2, -0.15) is 0 Å². The molecule has 3 aromatic rings. The maximum Gasteiger partial charge on any atom is 0.224 e. The molecule has 0 radical (unpaired) electrons. The molecule has 9 heteroatoms. The molecule has 2 unspecified atom stereocenters. The van der Waals surface area contributed by atoms with E-state index >= 15 is 0 Å². The number of carbonyl (C=O) groups is 1. The molecule has 5 rings (SSSR count). The Kier molecular flexibility index (Phi) is 5.35. The van der Waals surface area contributed by atoms with Crippen molar-refractivity contribution in [2.24, 2.45) is 0 Å². The van der Waals surface area contributed by atoms with Gasteiger partial charge in [0.15, 0.2) is 9.84 Å². The van der Waals surface area contributed by atoms with Gasteiger partial charge in [0.05, 0.1) is 26.4 Å². The normalized spacial score (nSPS) is 20.5. The third-order valence-corrected chi connectivity index (χ3v) is 9.01. The number of hydrogen-bond acceptors (Lipinski definition) is 7. The lowest BCUT2D eigenvalue weighted by molar-refractivity contribution is -0.134. The number of nitrogens with zero attached hydrogens (tertiary/aromatic N) is 4. The fraction of sp³-hybridized carbons (Fsp3) is 0.348. The number of hydrogen-bond donors (Lipinski definition) is 0. The lowest BCUT2D eigenvalue weighted by Gasteiger charge is -2.41. The number of thiazole rings is 1. The maximum atomic E-state index is 13.1. The number of carbonyl (C=O) groups excluding carboxylic acids is 1. The van der Waals surface area contributed by atoms with Gasteiger partial charge in [-0.15, -0.1) is 17.8 Å². The van der Waals surface area contributed by atoms with Crippen molar-refractivity contribution >= 4 is 43.1 Å². The molecule has 1 amide bonds. The molecule has 0 aliphatic carbocycles. The lowest BCUT2D eigenvalue weighted by Crippen LogP contribution is -2.56. The van der Waals surface area contributed by atoms with Gasteiger partial charge in [-0.05, 0) is 37.1 Å². The number of anilines is 1. The number of rotatable bonds is 5. The van der Waals surface area contributed by atoms with Crippen molar-refractivity contribution in [3.8, 4) is 12.3 Å². The number of pyridine rings is 1. The first-order valence-corrected chi connectivity index (χ1v) is 13.0. The minimum atomic E-state index is -3.58. The quantitative estimate of drug-likeness (QED) is 0.538. The van der Waals surface area contributed by atoms with Crippen molar-refractivity contribution in [3.05, 3.63) is 47.6 Å². The molecule has 0 N–H and O–H groups in total. The molecule has 32 heavy (non-hydrogen) atoms. The summed E-state index contributed by atoms with van der Waals surface area (Å²) in [6.45, 7) is 1.38. The van der Waals surface area contributed by atoms with Crippen LogP contribution < -0.4 is 4.90 Å². The Morgan fingerprint density at radius 3 is 2.62 bits per heavy atom. The number of piperazine rings is 1. The highest BCUT2D eigenvalue weighted by Gasteiger charge is 2.42. The average molecular weight is 467 g/mol. The number of amides is 1. The molecule has 2 bridgehead atoms. The zero-order valence-electron chi connectivity index (χ0n) is 17.3. The van der Waals surface area contributed by atoms with Crippen molar-refractivity contribution in [1.82, 2.24) is 14.9 Å². The van der Waals surface area contributed by atoms with Gasteiger partial charge >= 0.3 is 0 Å². The van der Waals surface area contributed by atoms with Crippen LogP contribution in [0.3, 0.4) is 0 Å². The summed E-state index contributed by atoms with van der Waals surface area (Å²) in [4.78, 5) is 26.1. The van der Waals surface area contributed by atoms with Gasteiger partial charge in [-0.3, -0.25) is 4.79 Å². The summed E-state index contributed by atoms with van der Waals surface area (Å²) < 4.78 is 26.6. The Morgan fingerprint density at radius 1 is 1.16 bits per heavy atom.